The second-order valence-corrected chi connectivity index (χ2v) is 5.30. The van der Waals surface area contributed by atoms with Gasteiger partial charge in [0.1, 0.15) is 5.82 Å². The standard InChI is InChI=1S/C13H19FN2O/c1-13(2,3)6-7-16-12(17)9-4-5-11(15)10(14)8-9/h4-5,8H,6-7,15H2,1-3H3,(H,16,17). The van der Waals surface area contributed by atoms with Gasteiger partial charge in [0, 0.05) is 12.1 Å². The molecule has 0 aliphatic heterocycles. The maximum Gasteiger partial charge on any atom is 0.251 e. The van der Waals surface area contributed by atoms with Gasteiger partial charge in [0.2, 0.25) is 0 Å². The number of benzene rings is 1. The van der Waals surface area contributed by atoms with Crippen molar-refractivity contribution in [3.8, 4) is 0 Å². The molecular weight excluding hydrogens is 219 g/mol. The van der Waals surface area contributed by atoms with Crippen LogP contribution in [0.2, 0.25) is 0 Å². The van der Waals surface area contributed by atoms with E-state index in [1.807, 2.05) is 0 Å². The van der Waals surface area contributed by atoms with Gasteiger partial charge in [-0.05, 0) is 30.0 Å². The lowest BCUT2D eigenvalue weighted by Crippen LogP contribution is -2.27. The van der Waals surface area contributed by atoms with Gasteiger partial charge < -0.3 is 11.1 Å². The summed E-state index contributed by atoms with van der Waals surface area (Å²) in [5, 5.41) is 2.76. The Morgan fingerprint density at radius 1 is 1.41 bits per heavy atom. The average molecular weight is 238 g/mol. The van der Waals surface area contributed by atoms with Gasteiger partial charge in [-0.15, -0.1) is 0 Å². The summed E-state index contributed by atoms with van der Waals surface area (Å²) in [6, 6.07) is 4.07. The van der Waals surface area contributed by atoms with Crippen LogP contribution in [0.5, 0.6) is 0 Å². The van der Waals surface area contributed by atoms with Crippen LogP contribution in [0.4, 0.5) is 10.1 Å². The molecule has 1 amide bonds. The zero-order valence-corrected chi connectivity index (χ0v) is 10.5. The van der Waals surface area contributed by atoms with Crippen molar-refractivity contribution in [2.45, 2.75) is 27.2 Å². The summed E-state index contributed by atoms with van der Waals surface area (Å²) < 4.78 is 13.1. The Kier molecular flexibility index (Phi) is 4.10. The lowest BCUT2D eigenvalue weighted by Gasteiger charge is -2.18. The summed E-state index contributed by atoms with van der Waals surface area (Å²) in [6.45, 7) is 6.88. The van der Waals surface area contributed by atoms with E-state index in [2.05, 4.69) is 26.1 Å². The summed E-state index contributed by atoms with van der Waals surface area (Å²) in [6.07, 6.45) is 0.871. The molecule has 0 aromatic heterocycles. The van der Waals surface area contributed by atoms with Crippen LogP contribution in [-0.4, -0.2) is 12.5 Å². The molecule has 0 spiro atoms. The summed E-state index contributed by atoms with van der Waals surface area (Å²) >= 11 is 0. The average Bonchev–Trinajstić information content (AvgIpc) is 2.20. The van der Waals surface area contributed by atoms with Crippen molar-refractivity contribution in [1.82, 2.24) is 5.32 Å². The molecule has 1 rings (SSSR count). The Hall–Kier alpha value is -1.58. The topological polar surface area (TPSA) is 55.1 Å². The normalized spacial score (nSPS) is 11.3. The van der Waals surface area contributed by atoms with Gasteiger partial charge in [0.25, 0.3) is 5.91 Å². The number of halogens is 1. The first kappa shape index (κ1) is 13.5. The highest BCUT2D eigenvalue weighted by molar-refractivity contribution is 5.94. The van der Waals surface area contributed by atoms with Gasteiger partial charge >= 0.3 is 0 Å². The molecular formula is C13H19FN2O. The third-order valence-electron chi connectivity index (χ3n) is 2.42. The molecule has 0 saturated carbocycles. The smallest absolute Gasteiger partial charge is 0.251 e. The number of nitrogens with two attached hydrogens (primary N) is 1. The van der Waals surface area contributed by atoms with E-state index >= 15 is 0 Å². The zero-order chi connectivity index (χ0) is 13.1. The molecule has 94 valence electrons. The maximum absolute atomic E-state index is 13.1. The first-order valence-corrected chi connectivity index (χ1v) is 5.63. The van der Waals surface area contributed by atoms with E-state index in [1.165, 1.54) is 12.1 Å². The number of nitrogens with one attached hydrogen (secondary N) is 1. The van der Waals surface area contributed by atoms with E-state index in [0.717, 1.165) is 12.5 Å². The monoisotopic (exact) mass is 238 g/mol. The van der Waals surface area contributed by atoms with Crippen molar-refractivity contribution in [3.63, 3.8) is 0 Å². The number of carbonyl (C=O) groups is 1. The first-order valence-electron chi connectivity index (χ1n) is 5.63. The number of nitrogen functional groups attached to an aromatic ring is 1. The van der Waals surface area contributed by atoms with Crippen LogP contribution < -0.4 is 11.1 Å². The molecule has 0 bridgehead atoms. The third kappa shape index (κ3) is 4.43. The van der Waals surface area contributed by atoms with Crippen molar-refractivity contribution in [3.05, 3.63) is 29.6 Å². The van der Waals surface area contributed by atoms with Crippen LogP contribution in [0.25, 0.3) is 0 Å². The second kappa shape index (κ2) is 5.17. The van der Waals surface area contributed by atoms with Crippen molar-refractivity contribution in [1.29, 1.82) is 0 Å². The Morgan fingerprint density at radius 2 is 2.06 bits per heavy atom. The molecule has 4 heteroatoms. The molecule has 3 nitrogen and oxygen atoms in total. The van der Waals surface area contributed by atoms with Gasteiger partial charge in [-0.3, -0.25) is 4.79 Å². The molecule has 1 aromatic carbocycles. The lowest BCUT2D eigenvalue weighted by molar-refractivity contribution is 0.0949. The Balaban J connectivity index is 2.56. The molecule has 17 heavy (non-hydrogen) atoms. The van der Waals surface area contributed by atoms with Crippen molar-refractivity contribution in [2.24, 2.45) is 5.41 Å². The summed E-state index contributed by atoms with van der Waals surface area (Å²) in [4.78, 5) is 11.7. The van der Waals surface area contributed by atoms with E-state index in [0.29, 0.717) is 12.1 Å². The highest BCUT2D eigenvalue weighted by Crippen LogP contribution is 2.17. The minimum absolute atomic E-state index is 0.0521. The number of amides is 1. The molecule has 0 fully saturated rings. The SMILES string of the molecule is CC(C)(C)CCNC(=O)c1ccc(N)c(F)c1. The first-order chi connectivity index (χ1) is 7.79. The maximum atomic E-state index is 13.1. The molecule has 3 N–H and O–H groups in total. The number of hydrogen-bond acceptors (Lipinski definition) is 2. The zero-order valence-electron chi connectivity index (χ0n) is 10.5. The lowest BCUT2D eigenvalue weighted by atomic mass is 9.92. The van der Waals surface area contributed by atoms with Gasteiger partial charge in [-0.2, -0.15) is 0 Å². The molecule has 0 heterocycles. The minimum Gasteiger partial charge on any atom is -0.396 e. The highest BCUT2D eigenvalue weighted by Gasteiger charge is 2.12. The number of anilines is 1. The fourth-order valence-electron chi connectivity index (χ4n) is 1.32. The van der Waals surface area contributed by atoms with Crippen LogP contribution in [0.15, 0.2) is 18.2 Å². The van der Waals surface area contributed by atoms with Crippen molar-refractivity contribution < 1.29 is 9.18 Å². The Morgan fingerprint density at radius 3 is 2.59 bits per heavy atom. The highest BCUT2D eigenvalue weighted by atomic mass is 19.1. The molecule has 1 aromatic rings. The predicted octanol–water partition coefficient (Wildman–Crippen LogP) is 2.57. The van der Waals surface area contributed by atoms with Crippen LogP contribution in [0.1, 0.15) is 37.6 Å². The van der Waals surface area contributed by atoms with Crippen molar-refractivity contribution >= 4 is 11.6 Å². The summed E-state index contributed by atoms with van der Waals surface area (Å²) in [5.74, 6) is -0.832. The van der Waals surface area contributed by atoms with Crippen LogP contribution in [0.3, 0.4) is 0 Å². The number of hydrogen-bond donors (Lipinski definition) is 2. The van der Waals surface area contributed by atoms with E-state index in [-0.39, 0.29) is 17.0 Å². The van der Waals surface area contributed by atoms with E-state index in [1.54, 1.807) is 0 Å². The van der Waals surface area contributed by atoms with Crippen LogP contribution in [-0.2, 0) is 0 Å². The second-order valence-electron chi connectivity index (χ2n) is 5.30. The molecule has 0 radical (unpaired) electrons. The van der Waals surface area contributed by atoms with E-state index in [4.69, 9.17) is 5.73 Å². The summed E-state index contributed by atoms with van der Waals surface area (Å²) in [5.41, 5.74) is 5.85. The van der Waals surface area contributed by atoms with Crippen LogP contribution in [0, 0.1) is 11.2 Å². The Bertz CT molecular complexity index is 410. The third-order valence-corrected chi connectivity index (χ3v) is 2.42. The number of carbonyl (C=O) groups excluding carboxylic acids is 1. The van der Waals surface area contributed by atoms with Gasteiger partial charge in [0.05, 0.1) is 5.69 Å². The van der Waals surface area contributed by atoms with Gasteiger partial charge in [-0.25, -0.2) is 4.39 Å². The van der Waals surface area contributed by atoms with Gasteiger partial charge in [-0.1, -0.05) is 20.8 Å². The molecule has 0 saturated heterocycles. The molecule has 0 aliphatic carbocycles. The summed E-state index contributed by atoms with van der Waals surface area (Å²) in [7, 11) is 0. The van der Waals surface area contributed by atoms with E-state index < -0.39 is 5.82 Å². The van der Waals surface area contributed by atoms with Crippen molar-refractivity contribution in [2.75, 3.05) is 12.3 Å². The fraction of sp³-hybridized carbons (Fsp3) is 0.462. The Labute approximate surface area is 101 Å². The fourth-order valence-corrected chi connectivity index (χ4v) is 1.32. The predicted molar refractivity (Wildman–Crippen MR) is 67.2 cm³/mol. The van der Waals surface area contributed by atoms with Crippen LogP contribution >= 0.6 is 0 Å². The molecule has 0 aliphatic rings. The van der Waals surface area contributed by atoms with E-state index in [9.17, 15) is 9.18 Å². The quantitative estimate of drug-likeness (QED) is 0.795. The minimum atomic E-state index is -0.562. The molecule has 0 atom stereocenters. The van der Waals surface area contributed by atoms with Gasteiger partial charge in [0.15, 0.2) is 0 Å². The number of rotatable bonds is 3. The largest absolute Gasteiger partial charge is 0.396 e. The molecule has 0 unspecified atom stereocenters.